The first-order valence-electron chi connectivity index (χ1n) is 4.76. The van der Waals surface area contributed by atoms with Crippen molar-refractivity contribution < 1.29 is 24.2 Å². The van der Waals surface area contributed by atoms with Crippen molar-refractivity contribution in [1.29, 1.82) is 0 Å². The molecule has 0 radical (unpaired) electrons. The van der Waals surface area contributed by atoms with E-state index in [1.165, 1.54) is 32.4 Å². The third-order valence-corrected chi connectivity index (χ3v) is 2.41. The van der Waals surface area contributed by atoms with Crippen LogP contribution in [0.2, 0.25) is 0 Å². The second-order valence-electron chi connectivity index (χ2n) is 3.47. The summed E-state index contributed by atoms with van der Waals surface area (Å²) in [7, 11) is 2.64. The normalized spacial score (nSPS) is 29.7. The Bertz CT molecular complexity index is 344. The molecule has 0 aliphatic heterocycles. The number of hydrogen-bond donors (Lipinski definition) is 1. The number of esters is 1. The number of allylic oxidation sites excluding steroid dienone is 1. The molecule has 2 atom stereocenters. The highest BCUT2D eigenvalue weighted by molar-refractivity contribution is 5.92. The van der Waals surface area contributed by atoms with E-state index in [1.807, 2.05) is 0 Å². The summed E-state index contributed by atoms with van der Waals surface area (Å²) in [5, 5.41) is 10.1. The molecule has 0 saturated carbocycles. The van der Waals surface area contributed by atoms with Crippen LogP contribution in [0.5, 0.6) is 0 Å². The zero-order valence-electron chi connectivity index (χ0n) is 9.17. The van der Waals surface area contributed by atoms with Crippen LogP contribution in [0.15, 0.2) is 24.3 Å². The van der Waals surface area contributed by atoms with Gasteiger partial charge in [0.1, 0.15) is 11.7 Å². The van der Waals surface area contributed by atoms with Gasteiger partial charge in [0.15, 0.2) is 5.78 Å². The first kappa shape index (κ1) is 12.6. The molecule has 1 aliphatic rings. The Morgan fingerprint density at radius 3 is 2.88 bits per heavy atom. The predicted molar refractivity (Wildman–Crippen MR) is 55.7 cm³/mol. The minimum Gasteiger partial charge on any atom is -0.466 e. The molecule has 0 aromatic heterocycles. The largest absolute Gasteiger partial charge is 0.466 e. The highest BCUT2D eigenvalue weighted by atomic mass is 16.5. The van der Waals surface area contributed by atoms with E-state index in [0.29, 0.717) is 0 Å². The summed E-state index contributed by atoms with van der Waals surface area (Å²) < 4.78 is 9.43. The maximum absolute atomic E-state index is 11.1. The molecule has 0 spiro atoms. The fourth-order valence-corrected chi connectivity index (χ4v) is 1.45. The lowest BCUT2D eigenvalue weighted by atomic mass is 9.87. The van der Waals surface area contributed by atoms with Crippen molar-refractivity contribution in [3.05, 3.63) is 24.3 Å². The fraction of sp³-hybridized carbons (Fsp3) is 0.455. The molecule has 5 nitrogen and oxygen atoms in total. The van der Waals surface area contributed by atoms with Crippen LogP contribution >= 0.6 is 0 Å². The Kier molecular flexibility index (Phi) is 3.98. The average molecular weight is 226 g/mol. The highest BCUT2D eigenvalue weighted by Crippen LogP contribution is 2.24. The summed E-state index contributed by atoms with van der Waals surface area (Å²) in [6.45, 7) is 0. The van der Waals surface area contributed by atoms with Gasteiger partial charge in [-0.25, -0.2) is 4.79 Å². The minimum atomic E-state index is -1.45. The second kappa shape index (κ2) is 5.05. The van der Waals surface area contributed by atoms with Gasteiger partial charge in [-0.05, 0) is 18.2 Å². The molecule has 0 saturated heterocycles. The van der Waals surface area contributed by atoms with E-state index in [-0.39, 0.29) is 12.2 Å². The van der Waals surface area contributed by atoms with E-state index in [1.54, 1.807) is 0 Å². The minimum absolute atomic E-state index is 0.0784. The van der Waals surface area contributed by atoms with Gasteiger partial charge >= 0.3 is 5.97 Å². The molecule has 0 aromatic rings. The van der Waals surface area contributed by atoms with Gasteiger partial charge in [-0.1, -0.05) is 0 Å². The zero-order chi connectivity index (χ0) is 12.2. The quantitative estimate of drug-likeness (QED) is 0.541. The van der Waals surface area contributed by atoms with E-state index < -0.39 is 17.7 Å². The number of rotatable bonds is 3. The first-order valence-corrected chi connectivity index (χ1v) is 4.76. The van der Waals surface area contributed by atoms with Gasteiger partial charge in [0.25, 0.3) is 0 Å². The number of hydrogen-bond acceptors (Lipinski definition) is 5. The SMILES string of the molecule is COC(=O)/C=C/[C@@]1(O)C=CC(=O)C[C@@H]1OC. The standard InChI is InChI=1S/C11H14O5/c1-15-9-7-8(12)3-5-11(9,14)6-4-10(13)16-2/h3-6,9,14H,7H2,1-2H3/b6-4+/t9-,11-/m0/s1. The van der Waals surface area contributed by atoms with Gasteiger partial charge in [0, 0.05) is 19.6 Å². The van der Waals surface area contributed by atoms with Gasteiger partial charge in [0.2, 0.25) is 0 Å². The summed E-state index contributed by atoms with van der Waals surface area (Å²) in [5.41, 5.74) is -1.45. The molecule has 1 N–H and O–H groups in total. The Labute approximate surface area is 93.3 Å². The van der Waals surface area contributed by atoms with Crippen molar-refractivity contribution in [2.24, 2.45) is 0 Å². The molecule has 0 heterocycles. The van der Waals surface area contributed by atoms with Crippen molar-refractivity contribution in [3.8, 4) is 0 Å². The topological polar surface area (TPSA) is 72.8 Å². The van der Waals surface area contributed by atoms with Gasteiger partial charge in [-0.2, -0.15) is 0 Å². The zero-order valence-corrected chi connectivity index (χ0v) is 9.17. The summed E-state index contributed by atoms with van der Waals surface area (Å²) in [6, 6.07) is 0. The van der Waals surface area contributed by atoms with Gasteiger partial charge in [-0.3, -0.25) is 4.79 Å². The third-order valence-electron chi connectivity index (χ3n) is 2.41. The van der Waals surface area contributed by atoms with Gasteiger partial charge in [-0.15, -0.1) is 0 Å². The molecule has 16 heavy (non-hydrogen) atoms. The molecule has 88 valence electrons. The van der Waals surface area contributed by atoms with Crippen LogP contribution in [0.4, 0.5) is 0 Å². The van der Waals surface area contributed by atoms with Crippen molar-refractivity contribution in [3.63, 3.8) is 0 Å². The molecule has 1 rings (SSSR count). The lowest BCUT2D eigenvalue weighted by Gasteiger charge is -2.31. The first-order chi connectivity index (χ1) is 7.51. The van der Waals surface area contributed by atoms with Crippen LogP contribution in [0, 0.1) is 0 Å². The van der Waals surface area contributed by atoms with Crippen LogP contribution in [0.25, 0.3) is 0 Å². The summed E-state index contributed by atoms with van der Waals surface area (Å²) in [5.74, 6) is -0.698. The Morgan fingerprint density at radius 2 is 2.31 bits per heavy atom. The van der Waals surface area contributed by atoms with E-state index in [4.69, 9.17) is 4.74 Å². The highest BCUT2D eigenvalue weighted by Gasteiger charge is 2.36. The third kappa shape index (κ3) is 2.77. The van der Waals surface area contributed by atoms with E-state index in [2.05, 4.69) is 4.74 Å². The Hall–Kier alpha value is -1.46. The smallest absolute Gasteiger partial charge is 0.330 e. The fourth-order valence-electron chi connectivity index (χ4n) is 1.45. The summed E-state index contributed by atoms with van der Waals surface area (Å²) in [4.78, 5) is 22.0. The average Bonchev–Trinajstić information content (AvgIpc) is 2.29. The number of aliphatic hydroxyl groups is 1. The molecular weight excluding hydrogens is 212 g/mol. The van der Waals surface area contributed by atoms with Crippen molar-refractivity contribution in [2.75, 3.05) is 14.2 Å². The molecule has 0 unspecified atom stereocenters. The summed E-state index contributed by atoms with van der Waals surface area (Å²) in [6.07, 6.45) is 4.34. The lowest BCUT2D eigenvalue weighted by Crippen LogP contribution is -2.43. The van der Waals surface area contributed by atoms with E-state index >= 15 is 0 Å². The van der Waals surface area contributed by atoms with Gasteiger partial charge in [0.05, 0.1) is 7.11 Å². The number of carbonyl (C=O) groups excluding carboxylic acids is 2. The van der Waals surface area contributed by atoms with E-state index in [9.17, 15) is 14.7 Å². The van der Waals surface area contributed by atoms with E-state index in [0.717, 1.165) is 6.08 Å². The lowest BCUT2D eigenvalue weighted by molar-refractivity contribution is -0.135. The second-order valence-corrected chi connectivity index (χ2v) is 3.47. The molecule has 5 heteroatoms. The molecule has 0 fully saturated rings. The van der Waals surface area contributed by atoms with Crippen molar-refractivity contribution in [1.82, 2.24) is 0 Å². The number of ketones is 1. The maximum atomic E-state index is 11.1. The molecule has 1 aliphatic carbocycles. The van der Waals surface area contributed by atoms with Crippen molar-refractivity contribution >= 4 is 11.8 Å². The summed E-state index contributed by atoms with van der Waals surface area (Å²) >= 11 is 0. The number of carbonyl (C=O) groups is 2. The number of ether oxygens (including phenoxy) is 2. The monoisotopic (exact) mass is 226 g/mol. The molecular formula is C11H14O5. The van der Waals surface area contributed by atoms with Crippen LogP contribution in [0.3, 0.4) is 0 Å². The Balaban J connectivity index is 2.88. The van der Waals surface area contributed by atoms with Crippen LogP contribution in [-0.4, -0.2) is 42.8 Å². The molecule has 0 aromatic carbocycles. The van der Waals surface area contributed by atoms with Crippen LogP contribution in [0.1, 0.15) is 6.42 Å². The van der Waals surface area contributed by atoms with Crippen LogP contribution < -0.4 is 0 Å². The predicted octanol–water partition coefficient (Wildman–Crippen LogP) is -0.00930. The van der Waals surface area contributed by atoms with Crippen molar-refractivity contribution in [2.45, 2.75) is 18.1 Å². The molecule has 0 amide bonds. The molecule has 0 bridgehead atoms. The Morgan fingerprint density at radius 1 is 1.62 bits per heavy atom. The number of methoxy groups -OCH3 is 2. The maximum Gasteiger partial charge on any atom is 0.330 e. The van der Waals surface area contributed by atoms with Gasteiger partial charge < -0.3 is 14.6 Å². The van der Waals surface area contributed by atoms with Crippen LogP contribution in [-0.2, 0) is 19.1 Å².